The maximum Gasteiger partial charge on any atom is 0.258 e. The van der Waals surface area contributed by atoms with Gasteiger partial charge in [0.15, 0.2) is 6.61 Å². The number of aliphatic hydroxyl groups excluding tert-OH is 1. The summed E-state index contributed by atoms with van der Waals surface area (Å²) in [5.74, 6) is 0.437. The second-order valence-corrected chi connectivity index (χ2v) is 6.81. The molecule has 0 saturated heterocycles. The Kier molecular flexibility index (Phi) is 6.26. The smallest absolute Gasteiger partial charge is 0.258 e. The number of carbonyl (C=O) groups is 1. The van der Waals surface area contributed by atoms with Gasteiger partial charge in [-0.1, -0.05) is 42.0 Å². The van der Waals surface area contributed by atoms with Crippen LogP contribution < -0.4 is 10.1 Å². The third kappa shape index (κ3) is 5.31. The molecule has 0 aliphatic carbocycles. The molecule has 1 atom stereocenters. The number of β-amino-alcohol motifs (C(OH)–C–C–N with tert-alkyl or cyclic N) is 1. The summed E-state index contributed by atoms with van der Waals surface area (Å²) in [5, 5.41) is 12.9. The molecule has 0 radical (unpaired) electrons. The second kappa shape index (κ2) is 8.83. The summed E-state index contributed by atoms with van der Waals surface area (Å²) in [6.07, 6.45) is 0.406. The minimum absolute atomic E-state index is 0.0487. The molecule has 1 aliphatic rings. The number of rotatable bonds is 7. The van der Waals surface area contributed by atoms with Crippen molar-refractivity contribution in [3.8, 4) is 5.75 Å². The molecule has 3 rings (SSSR count). The number of hydrogen-bond acceptors (Lipinski definition) is 4. The van der Waals surface area contributed by atoms with Crippen molar-refractivity contribution in [2.24, 2.45) is 0 Å². The Balaban J connectivity index is 1.36. The van der Waals surface area contributed by atoms with E-state index in [4.69, 9.17) is 4.74 Å². The molecule has 26 heavy (non-hydrogen) atoms. The lowest BCUT2D eigenvalue weighted by atomic mass is 10.00. The normalized spacial score (nSPS) is 15.2. The number of amides is 1. The lowest BCUT2D eigenvalue weighted by Gasteiger charge is -2.30. The van der Waals surface area contributed by atoms with Crippen LogP contribution in [0.1, 0.15) is 16.7 Å². The fourth-order valence-corrected chi connectivity index (χ4v) is 3.14. The molecule has 2 N–H and O–H groups in total. The zero-order chi connectivity index (χ0) is 18.4. The third-order valence-electron chi connectivity index (χ3n) is 4.60. The van der Waals surface area contributed by atoms with Gasteiger partial charge in [-0.2, -0.15) is 0 Å². The lowest BCUT2D eigenvalue weighted by molar-refractivity contribution is -0.123. The maximum atomic E-state index is 11.9. The Morgan fingerprint density at radius 1 is 1.19 bits per heavy atom. The van der Waals surface area contributed by atoms with E-state index in [9.17, 15) is 9.90 Å². The minimum Gasteiger partial charge on any atom is -0.484 e. The van der Waals surface area contributed by atoms with E-state index in [0.29, 0.717) is 12.3 Å². The van der Waals surface area contributed by atoms with Gasteiger partial charge in [0.1, 0.15) is 5.75 Å². The first kappa shape index (κ1) is 18.4. The third-order valence-corrected chi connectivity index (χ3v) is 4.60. The Labute approximate surface area is 154 Å². The molecule has 0 saturated carbocycles. The first-order chi connectivity index (χ1) is 12.6. The van der Waals surface area contributed by atoms with Gasteiger partial charge in [0.25, 0.3) is 5.91 Å². The number of nitrogens with one attached hydrogen (secondary N) is 1. The summed E-state index contributed by atoms with van der Waals surface area (Å²) in [5.41, 5.74) is 3.85. The van der Waals surface area contributed by atoms with Crippen molar-refractivity contribution in [1.29, 1.82) is 0 Å². The molecule has 0 fully saturated rings. The van der Waals surface area contributed by atoms with E-state index in [-0.39, 0.29) is 19.1 Å². The molecule has 2 aromatic rings. The molecule has 0 aromatic heterocycles. The standard InChI is InChI=1S/C21H26N2O3/c1-16-6-8-20(9-7-16)26-15-21(25)22-12-19(24)14-23-11-10-17-4-2-3-5-18(17)13-23/h2-9,19,24H,10-15H2,1H3,(H,22,25). The summed E-state index contributed by atoms with van der Waals surface area (Å²) in [4.78, 5) is 14.1. The fourth-order valence-electron chi connectivity index (χ4n) is 3.14. The molecule has 2 aromatic carbocycles. The summed E-state index contributed by atoms with van der Waals surface area (Å²) in [7, 11) is 0. The average molecular weight is 354 g/mol. The predicted molar refractivity (Wildman–Crippen MR) is 101 cm³/mol. The minimum atomic E-state index is -0.594. The Morgan fingerprint density at radius 3 is 2.69 bits per heavy atom. The van der Waals surface area contributed by atoms with Crippen molar-refractivity contribution < 1.29 is 14.6 Å². The van der Waals surface area contributed by atoms with Gasteiger partial charge in [0.2, 0.25) is 0 Å². The fraction of sp³-hybridized carbons (Fsp3) is 0.381. The molecule has 1 unspecified atom stereocenters. The quantitative estimate of drug-likeness (QED) is 0.797. The van der Waals surface area contributed by atoms with E-state index in [1.165, 1.54) is 11.1 Å². The zero-order valence-electron chi connectivity index (χ0n) is 15.1. The molecule has 0 spiro atoms. The molecule has 5 heteroatoms. The van der Waals surface area contributed by atoms with Crippen molar-refractivity contribution in [1.82, 2.24) is 10.2 Å². The number of aliphatic hydroxyl groups is 1. The number of aryl methyl sites for hydroxylation is 1. The van der Waals surface area contributed by atoms with Crippen LogP contribution in [0, 0.1) is 6.92 Å². The lowest BCUT2D eigenvalue weighted by Crippen LogP contribution is -2.42. The largest absolute Gasteiger partial charge is 0.484 e. The van der Waals surface area contributed by atoms with Crippen LogP contribution in [0.3, 0.4) is 0 Å². The molecular weight excluding hydrogens is 328 g/mol. The van der Waals surface area contributed by atoms with E-state index in [0.717, 1.165) is 25.1 Å². The van der Waals surface area contributed by atoms with E-state index in [1.807, 2.05) is 37.3 Å². The maximum absolute atomic E-state index is 11.9. The molecule has 0 bridgehead atoms. The first-order valence-corrected chi connectivity index (χ1v) is 9.03. The van der Waals surface area contributed by atoms with E-state index < -0.39 is 6.10 Å². The van der Waals surface area contributed by atoms with Crippen LogP contribution in [-0.2, 0) is 17.8 Å². The molecule has 1 heterocycles. The van der Waals surface area contributed by atoms with E-state index in [2.05, 4.69) is 28.4 Å². The first-order valence-electron chi connectivity index (χ1n) is 9.03. The van der Waals surface area contributed by atoms with Gasteiger partial charge in [-0.25, -0.2) is 0 Å². The van der Waals surface area contributed by atoms with Crippen LogP contribution in [0.15, 0.2) is 48.5 Å². The second-order valence-electron chi connectivity index (χ2n) is 6.81. The van der Waals surface area contributed by atoms with Crippen LogP contribution in [0.25, 0.3) is 0 Å². The number of benzene rings is 2. The van der Waals surface area contributed by atoms with Crippen molar-refractivity contribution in [3.63, 3.8) is 0 Å². The summed E-state index contributed by atoms with van der Waals surface area (Å²) < 4.78 is 5.44. The monoisotopic (exact) mass is 354 g/mol. The topological polar surface area (TPSA) is 61.8 Å². The van der Waals surface area contributed by atoms with Gasteiger partial charge >= 0.3 is 0 Å². The van der Waals surface area contributed by atoms with Gasteiger partial charge in [0.05, 0.1) is 6.10 Å². The highest BCUT2D eigenvalue weighted by Crippen LogP contribution is 2.18. The van der Waals surface area contributed by atoms with Gasteiger partial charge in [-0.3, -0.25) is 9.69 Å². The van der Waals surface area contributed by atoms with Crippen molar-refractivity contribution in [2.75, 3.05) is 26.2 Å². The predicted octanol–water partition coefficient (Wildman–Crippen LogP) is 1.91. The van der Waals surface area contributed by atoms with Crippen molar-refractivity contribution >= 4 is 5.91 Å². The van der Waals surface area contributed by atoms with Crippen LogP contribution in [-0.4, -0.2) is 48.3 Å². The highest BCUT2D eigenvalue weighted by Gasteiger charge is 2.18. The molecule has 5 nitrogen and oxygen atoms in total. The SMILES string of the molecule is Cc1ccc(OCC(=O)NCC(O)CN2CCc3ccccc3C2)cc1. The van der Waals surface area contributed by atoms with Crippen LogP contribution in [0.5, 0.6) is 5.75 Å². The summed E-state index contributed by atoms with van der Waals surface area (Å²) in [6, 6.07) is 16.0. The highest BCUT2D eigenvalue weighted by molar-refractivity contribution is 5.77. The summed E-state index contributed by atoms with van der Waals surface area (Å²) in [6.45, 7) is 4.50. The average Bonchev–Trinajstić information content (AvgIpc) is 2.66. The van der Waals surface area contributed by atoms with Gasteiger partial charge in [0, 0.05) is 26.2 Å². The Hall–Kier alpha value is -2.37. The Bertz CT molecular complexity index is 730. The van der Waals surface area contributed by atoms with Crippen molar-refractivity contribution in [2.45, 2.75) is 26.0 Å². The number of carbonyl (C=O) groups excluding carboxylic acids is 1. The molecule has 1 amide bonds. The number of fused-ring (bicyclic) bond motifs is 1. The van der Waals surface area contributed by atoms with Crippen LogP contribution in [0.2, 0.25) is 0 Å². The molecular formula is C21H26N2O3. The van der Waals surface area contributed by atoms with Crippen LogP contribution in [0.4, 0.5) is 0 Å². The zero-order valence-corrected chi connectivity index (χ0v) is 15.1. The molecule has 138 valence electrons. The van der Waals surface area contributed by atoms with E-state index in [1.54, 1.807) is 0 Å². The molecule has 1 aliphatic heterocycles. The van der Waals surface area contributed by atoms with E-state index >= 15 is 0 Å². The summed E-state index contributed by atoms with van der Waals surface area (Å²) >= 11 is 0. The van der Waals surface area contributed by atoms with Crippen molar-refractivity contribution in [3.05, 3.63) is 65.2 Å². The number of hydrogen-bond donors (Lipinski definition) is 2. The number of ether oxygens (including phenoxy) is 1. The van der Waals surface area contributed by atoms with Gasteiger partial charge < -0.3 is 15.2 Å². The Morgan fingerprint density at radius 2 is 1.92 bits per heavy atom. The van der Waals surface area contributed by atoms with Gasteiger partial charge in [-0.05, 0) is 36.6 Å². The highest BCUT2D eigenvalue weighted by atomic mass is 16.5. The number of nitrogens with zero attached hydrogens (tertiary/aromatic N) is 1. The van der Waals surface area contributed by atoms with Crippen LogP contribution >= 0.6 is 0 Å². The van der Waals surface area contributed by atoms with Gasteiger partial charge in [-0.15, -0.1) is 0 Å².